The van der Waals surface area contributed by atoms with Crippen LogP contribution in [0.3, 0.4) is 0 Å². The van der Waals surface area contributed by atoms with Crippen LogP contribution >= 0.6 is 36.4 Å². The minimum absolute atomic E-state index is 0. The third kappa shape index (κ3) is 4.02. The maximum atomic E-state index is 5.69. The second-order valence-corrected chi connectivity index (χ2v) is 2.53. The van der Waals surface area contributed by atoms with Crippen molar-refractivity contribution in [2.45, 2.75) is 6.54 Å². The van der Waals surface area contributed by atoms with Gasteiger partial charge in [-0.3, -0.25) is 0 Å². The van der Waals surface area contributed by atoms with Crippen LogP contribution in [0, 0.1) is 0 Å². The zero-order valence-corrected chi connectivity index (χ0v) is 8.68. The van der Waals surface area contributed by atoms with Crippen molar-refractivity contribution in [3.8, 4) is 0 Å². The molecule has 0 fully saturated rings. The molecule has 0 saturated carbocycles. The molecule has 70 valence electrons. The molecule has 12 heavy (non-hydrogen) atoms. The van der Waals surface area contributed by atoms with Gasteiger partial charge in [-0.1, -0.05) is 11.6 Å². The zero-order chi connectivity index (χ0) is 7.56. The fraction of sp³-hybridized carbons (Fsp3) is 0.143. The fourth-order valence-electron chi connectivity index (χ4n) is 0.793. The van der Waals surface area contributed by atoms with E-state index in [1.165, 1.54) is 0 Å². The highest BCUT2D eigenvalue weighted by molar-refractivity contribution is 6.30. The molecule has 0 saturated heterocycles. The standard InChI is InChI=1S/C7H9ClN2.2ClH/c8-6-1-5(4-9)2-7(10)3-6;;/h1-3H,4,9-10H2;2*1H. The van der Waals surface area contributed by atoms with E-state index < -0.39 is 0 Å². The third-order valence-corrected chi connectivity index (χ3v) is 1.43. The van der Waals surface area contributed by atoms with E-state index in [2.05, 4.69) is 0 Å². The number of anilines is 1. The Hall–Kier alpha value is -0.150. The van der Waals surface area contributed by atoms with Crippen molar-refractivity contribution >= 4 is 42.1 Å². The van der Waals surface area contributed by atoms with Crippen LogP contribution in [0.4, 0.5) is 5.69 Å². The van der Waals surface area contributed by atoms with Crippen LogP contribution in [-0.2, 0) is 6.54 Å². The van der Waals surface area contributed by atoms with Crippen LogP contribution in [0.2, 0.25) is 5.02 Å². The molecule has 0 amide bonds. The molecule has 0 aliphatic carbocycles. The van der Waals surface area contributed by atoms with E-state index >= 15 is 0 Å². The average molecular weight is 230 g/mol. The van der Waals surface area contributed by atoms with Gasteiger partial charge in [-0.05, 0) is 23.8 Å². The molecule has 0 unspecified atom stereocenters. The van der Waals surface area contributed by atoms with E-state index in [1.54, 1.807) is 12.1 Å². The van der Waals surface area contributed by atoms with Crippen molar-refractivity contribution in [1.29, 1.82) is 0 Å². The minimum Gasteiger partial charge on any atom is -0.399 e. The molecular formula is C7H11Cl3N2. The van der Waals surface area contributed by atoms with E-state index in [0.29, 0.717) is 17.3 Å². The van der Waals surface area contributed by atoms with Gasteiger partial charge in [0.25, 0.3) is 0 Å². The highest BCUT2D eigenvalue weighted by atomic mass is 35.5. The summed E-state index contributed by atoms with van der Waals surface area (Å²) in [5, 5.41) is 0.639. The molecule has 0 aliphatic rings. The lowest BCUT2D eigenvalue weighted by molar-refractivity contribution is 1.07. The van der Waals surface area contributed by atoms with Crippen LogP contribution < -0.4 is 11.5 Å². The molecule has 4 N–H and O–H groups in total. The second kappa shape index (κ2) is 6.38. The van der Waals surface area contributed by atoms with E-state index in [-0.39, 0.29) is 24.8 Å². The van der Waals surface area contributed by atoms with Gasteiger partial charge in [0, 0.05) is 17.3 Å². The summed E-state index contributed by atoms with van der Waals surface area (Å²) in [6, 6.07) is 5.31. The highest BCUT2D eigenvalue weighted by Crippen LogP contribution is 2.15. The first-order valence-electron chi connectivity index (χ1n) is 2.97. The van der Waals surface area contributed by atoms with Gasteiger partial charge in [-0.15, -0.1) is 24.8 Å². The summed E-state index contributed by atoms with van der Waals surface area (Å²) in [7, 11) is 0. The Morgan fingerprint density at radius 2 is 1.75 bits per heavy atom. The number of hydrogen-bond donors (Lipinski definition) is 2. The van der Waals surface area contributed by atoms with Crippen molar-refractivity contribution in [3.05, 3.63) is 28.8 Å². The number of halogens is 3. The second-order valence-electron chi connectivity index (χ2n) is 2.10. The third-order valence-electron chi connectivity index (χ3n) is 1.22. The van der Waals surface area contributed by atoms with Gasteiger partial charge >= 0.3 is 0 Å². The van der Waals surface area contributed by atoms with Gasteiger partial charge in [0.1, 0.15) is 0 Å². The van der Waals surface area contributed by atoms with Crippen molar-refractivity contribution < 1.29 is 0 Å². The SMILES string of the molecule is Cl.Cl.NCc1cc(N)cc(Cl)c1. The molecule has 1 rings (SSSR count). The molecule has 1 aromatic carbocycles. The molecular weight excluding hydrogens is 218 g/mol. The van der Waals surface area contributed by atoms with Gasteiger partial charge < -0.3 is 11.5 Å². The Labute approximate surface area is 89.1 Å². The smallest absolute Gasteiger partial charge is 0.0429 e. The summed E-state index contributed by atoms with van der Waals surface area (Å²) in [5.41, 5.74) is 12.5. The van der Waals surface area contributed by atoms with Gasteiger partial charge in [0.2, 0.25) is 0 Å². The number of rotatable bonds is 1. The first-order valence-corrected chi connectivity index (χ1v) is 3.35. The normalized spacial score (nSPS) is 8.17. The number of nitrogens with two attached hydrogens (primary N) is 2. The van der Waals surface area contributed by atoms with E-state index in [1.807, 2.05) is 6.07 Å². The largest absolute Gasteiger partial charge is 0.399 e. The molecule has 2 nitrogen and oxygen atoms in total. The zero-order valence-electron chi connectivity index (χ0n) is 6.29. The molecule has 0 atom stereocenters. The summed E-state index contributed by atoms with van der Waals surface area (Å²) in [6.45, 7) is 0.477. The molecule has 0 aromatic heterocycles. The maximum absolute atomic E-state index is 5.69. The fourth-order valence-corrected chi connectivity index (χ4v) is 1.06. The van der Waals surface area contributed by atoms with E-state index in [4.69, 9.17) is 23.1 Å². The van der Waals surface area contributed by atoms with Crippen molar-refractivity contribution in [1.82, 2.24) is 0 Å². The monoisotopic (exact) mass is 228 g/mol. The highest BCUT2D eigenvalue weighted by Gasteiger charge is 1.93. The topological polar surface area (TPSA) is 52.0 Å². The van der Waals surface area contributed by atoms with Gasteiger partial charge in [-0.2, -0.15) is 0 Å². The number of benzene rings is 1. The van der Waals surface area contributed by atoms with Crippen LogP contribution in [0.5, 0.6) is 0 Å². The van der Waals surface area contributed by atoms with Crippen molar-refractivity contribution in [3.63, 3.8) is 0 Å². The van der Waals surface area contributed by atoms with Gasteiger partial charge in [0.15, 0.2) is 0 Å². The van der Waals surface area contributed by atoms with Crippen LogP contribution in [-0.4, -0.2) is 0 Å². The Morgan fingerprint density at radius 3 is 2.17 bits per heavy atom. The summed E-state index contributed by atoms with van der Waals surface area (Å²) in [6.07, 6.45) is 0. The first-order chi connectivity index (χ1) is 4.72. The molecule has 0 radical (unpaired) electrons. The molecule has 0 spiro atoms. The summed E-state index contributed by atoms with van der Waals surface area (Å²) < 4.78 is 0. The average Bonchev–Trinajstić information content (AvgIpc) is 1.85. The number of nitrogen functional groups attached to an aromatic ring is 1. The Morgan fingerprint density at radius 1 is 1.17 bits per heavy atom. The molecule has 0 aliphatic heterocycles. The van der Waals surface area contributed by atoms with Crippen LogP contribution in [0.15, 0.2) is 18.2 Å². The number of hydrogen-bond acceptors (Lipinski definition) is 2. The molecule has 0 bridgehead atoms. The Kier molecular flexibility index (Phi) is 7.64. The summed E-state index contributed by atoms with van der Waals surface area (Å²) in [5.74, 6) is 0. The van der Waals surface area contributed by atoms with Gasteiger partial charge in [-0.25, -0.2) is 0 Å². The predicted octanol–water partition coefficient (Wildman–Crippen LogP) is 2.22. The lowest BCUT2D eigenvalue weighted by atomic mass is 10.2. The quantitative estimate of drug-likeness (QED) is 0.726. The molecule has 1 aromatic rings. The van der Waals surface area contributed by atoms with Gasteiger partial charge in [0.05, 0.1) is 0 Å². The van der Waals surface area contributed by atoms with E-state index in [0.717, 1.165) is 5.56 Å². The molecule has 0 heterocycles. The van der Waals surface area contributed by atoms with E-state index in [9.17, 15) is 0 Å². The predicted molar refractivity (Wildman–Crippen MR) is 58.3 cm³/mol. The Balaban J connectivity index is 0. The maximum Gasteiger partial charge on any atom is 0.0429 e. The van der Waals surface area contributed by atoms with Crippen LogP contribution in [0.1, 0.15) is 5.56 Å². The minimum atomic E-state index is 0. The lowest BCUT2D eigenvalue weighted by Crippen LogP contribution is -1.97. The Bertz CT molecular complexity index is 220. The summed E-state index contributed by atoms with van der Waals surface area (Å²) in [4.78, 5) is 0. The molecule has 5 heteroatoms. The van der Waals surface area contributed by atoms with Crippen molar-refractivity contribution in [2.75, 3.05) is 5.73 Å². The van der Waals surface area contributed by atoms with Crippen LogP contribution in [0.25, 0.3) is 0 Å². The summed E-state index contributed by atoms with van der Waals surface area (Å²) >= 11 is 5.69. The lowest BCUT2D eigenvalue weighted by Gasteiger charge is -1.98. The first kappa shape index (κ1) is 14.4. The van der Waals surface area contributed by atoms with Crippen molar-refractivity contribution in [2.24, 2.45) is 5.73 Å².